The van der Waals surface area contributed by atoms with Crippen LogP contribution in [0.1, 0.15) is 23.3 Å². The Hall–Kier alpha value is -0.940. The van der Waals surface area contributed by atoms with Gasteiger partial charge in [0.2, 0.25) is 0 Å². The summed E-state index contributed by atoms with van der Waals surface area (Å²) in [6.45, 7) is 1.63. The largest absolute Gasteiger partial charge is 0.396 e. The highest BCUT2D eigenvalue weighted by molar-refractivity contribution is 9.10. The predicted molar refractivity (Wildman–Crippen MR) is 67.7 cm³/mol. The topological polar surface area (TPSA) is 53.4 Å². The van der Waals surface area contributed by atoms with E-state index < -0.39 is 0 Å². The van der Waals surface area contributed by atoms with E-state index in [9.17, 15) is 4.79 Å². The van der Waals surface area contributed by atoms with E-state index in [1.165, 1.54) is 0 Å². The fourth-order valence-corrected chi connectivity index (χ4v) is 2.35. The molecule has 1 fully saturated rings. The number of aliphatic hydroxyl groups excluding tert-OH is 1. The highest BCUT2D eigenvalue weighted by atomic mass is 79.9. The first-order valence-electron chi connectivity index (χ1n) is 5.73. The molecule has 1 aliphatic rings. The molecule has 2 rings (SSSR count). The molecule has 1 amide bonds. The van der Waals surface area contributed by atoms with Gasteiger partial charge >= 0.3 is 0 Å². The van der Waals surface area contributed by atoms with Crippen LogP contribution in [0.3, 0.4) is 0 Å². The third kappa shape index (κ3) is 3.04. The van der Waals surface area contributed by atoms with Crippen LogP contribution in [0.25, 0.3) is 0 Å². The van der Waals surface area contributed by atoms with E-state index in [1.54, 1.807) is 17.0 Å². The molecule has 1 aromatic rings. The molecule has 1 N–H and O–H groups in total. The molecule has 0 aliphatic carbocycles. The lowest BCUT2D eigenvalue weighted by Gasteiger charge is -2.30. The van der Waals surface area contributed by atoms with Gasteiger partial charge in [-0.05, 0) is 46.8 Å². The number of likely N-dealkylation sites (tertiary alicyclic amines) is 1. The summed E-state index contributed by atoms with van der Waals surface area (Å²) >= 11 is 3.26. The molecule has 0 aromatic carbocycles. The van der Waals surface area contributed by atoms with Crippen LogP contribution in [0, 0.1) is 5.92 Å². The van der Waals surface area contributed by atoms with E-state index in [1.807, 2.05) is 6.07 Å². The van der Waals surface area contributed by atoms with Gasteiger partial charge < -0.3 is 10.0 Å². The minimum absolute atomic E-state index is 0.0253. The second-order valence-corrected chi connectivity index (χ2v) is 5.08. The summed E-state index contributed by atoms with van der Waals surface area (Å²) in [5.41, 5.74) is 0.474. The molecule has 0 radical (unpaired) electrons. The Kier molecular flexibility index (Phi) is 4.12. The van der Waals surface area contributed by atoms with Gasteiger partial charge in [-0.15, -0.1) is 0 Å². The Morgan fingerprint density at radius 1 is 1.47 bits per heavy atom. The van der Waals surface area contributed by atoms with Crippen molar-refractivity contribution in [2.24, 2.45) is 5.92 Å². The number of aliphatic hydroxyl groups is 1. The zero-order valence-electron chi connectivity index (χ0n) is 9.47. The molecule has 0 atom stereocenters. The number of carbonyl (C=O) groups excluding carboxylic acids is 1. The van der Waals surface area contributed by atoms with Crippen molar-refractivity contribution in [3.05, 3.63) is 28.5 Å². The number of halogens is 1. The molecule has 0 unspecified atom stereocenters. The number of hydrogen-bond donors (Lipinski definition) is 1. The molecule has 0 spiro atoms. The average molecular weight is 299 g/mol. The van der Waals surface area contributed by atoms with Crippen molar-refractivity contribution in [1.82, 2.24) is 9.88 Å². The number of nitrogens with zero attached hydrogens (tertiary/aromatic N) is 2. The van der Waals surface area contributed by atoms with E-state index in [2.05, 4.69) is 20.9 Å². The lowest BCUT2D eigenvalue weighted by Crippen LogP contribution is -2.39. The molecule has 2 heterocycles. The standard InChI is InChI=1S/C12H15BrN2O2/c13-11-3-1-2-10(14-11)12(17)15-6-4-9(8-16)5-7-15/h1-3,9,16H,4-8H2. The summed E-state index contributed by atoms with van der Waals surface area (Å²) in [6, 6.07) is 5.34. The van der Waals surface area contributed by atoms with Crippen LogP contribution in [0.15, 0.2) is 22.8 Å². The summed E-state index contributed by atoms with van der Waals surface area (Å²) in [5.74, 6) is 0.317. The summed E-state index contributed by atoms with van der Waals surface area (Å²) in [7, 11) is 0. The molecule has 1 aliphatic heterocycles. The molecule has 1 saturated heterocycles. The second-order valence-electron chi connectivity index (χ2n) is 4.26. The Balaban J connectivity index is 2.02. The van der Waals surface area contributed by atoms with Crippen molar-refractivity contribution in [1.29, 1.82) is 0 Å². The number of hydrogen-bond acceptors (Lipinski definition) is 3. The Bertz CT molecular complexity index is 403. The first-order valence-corrected chi connectivity index (χ1v) is 6.52. The smallest absolute Gasteiger partial charge is 0.272 e. The monoisotopic (exact) mass is 298 g/mol. The van der Waals surface area contributed by atoms with Crippen molar-refractivity contribution < 1.29 is 9.90 Å². The van der Waals surface area contributed by atoms with Crippen molar-refractivity contribution in [3.8, 4) is 0 Å². The minimum Gasteiger partial charge on any atom is -0.396 e. The molecule has 4 nitrogen and oxygen atoms in total. The normalized spacial score (nSPS) is 17.2. The third-order valence-corrected chi connectivity index (χ3v) is 3.54. The fraction of sp³-hybridized carbons (Fsp3) is 0.500. The van der Waals surface area contributed by atoms with Crippen LogP contribution in [-0.4, -0.2) is 40.6 Å². The lowest BCUT2D eigenvalue weighted by atomic mass is 9.98. The Labute approximate surface area is 109 Å². The molecular formula is C12H15BrN2O2. The van der Waals surface area contributed by atoms with Gasteiger partial charge in [0, 0.05) is 19.7 Å². The highest BCUT2D eigenvalue weighted by Gasteiger charge is 2.23. The van der Waals surface area contributed by atoms with Gasteiger partial charge in [-0.1, -0.05) is 6.07 Å². The average Bonchev–Trinajstić information content (AvgIpc) is 2.38. The lowest BCUT2D eigenvalue weighted by molar-refractivity contribution is 0.0645. The zero-order chi connectivity index (χ0) is 12.3. The van der Waals surface area contributed by atoms with E-state index in [-0.39, 0.29) is 12.5 Å². The van der Waals surface area contributed by atoms with Gasteiger partial charge in [-0.3, -0.25) is 4.79 Å². The van der Waals surface area contributed by atoms with Crippen molar-refractivity contribution in [2.45, 2.75) is 12.8 Å². The molecule has 17 heavy (non-hydrogen) atoms. The van der Waals surface area contributed by atoms with Crippen LogP contribution < -0.4 is 0 Å². The number of carbonyl (C=O) groups is 1. The number of rotatable bonds is 2. The van der Waals surface area contributed by atoms with E-state index in [0.717, 1.165) is 12.8 Å². The number of amides is 1. The maximum atomic E-state index is 12.1. The zero-order valence-corrected chi connectivity index (χ0v) is 11.1. The van der Waals surface area contributed by atoms with Crippen LogP contribution in [0.4, 0.5) is 0 Å². The summed E-state index contributed by atoms with van der Waals surface area (Å²) in [5, 5.41) is 9.05. The SMILES string of the molecule is O=C(c1cccc(Br)n1)N1CCC(CO)CC1. The van der Waals surface area contributed by atoms with Gasteiger partial charge in [0.15, 0.2) is 0 Å². The predicted octanol–water partition coefficient (Wildman–Crippen LogP) is 1.69. The first-order chi connectivity index (χ1) is 8.20. The van der Waals surface area contributed by atoms with Gasteiger partial charge in [0.1, 0.15) is 10.3 Å². The summed E-state index contributed by atoms with van der Waals surface area (Å²) < 4.78 is 0.675. The van der Waals surface area contributed by atoms with Crippen molar-refractivity contribution in [3.63, 3.8) is 0 Å². The Morgan fingerprint density at radius 2 is 2.18 bits per heavy atom. The summed E-state index contributed by atoms with van der Waals surface area (Å²) in [4.78, 5) is 18.1. The molecule has 1 aromatic heterocycles. The van der Waals surface area contributed by atoms with E-state index in [0.29, 0.717) is 29.3 Å². The Morgan fingerprint density at radius 3 is 2.76 bits per heavy atom. The van der Waals surface area contributed by atoms with E-state index in [4.69, 9.17) is 5.11 Å². The van der Waals surface area contributed by atoms with Crippen LogP contribution in [-0.2, 0) is 0 Å². The van der Waals surface area contributed by atoms with Gasteiger partial charge in [-0.25, -0.2) is 4.98 Å². The van der Waals surface area contributed by atoms with Crippen LogP contribution in [0.2, 0.25) is 0 Å². The summed E-state index contributed by atoms with van der Waals surface area (Å²) in [6.07, 6.45) is 1.74. The maximum Gasteiger partial charge on any atom is 0.272 e. The van der Waals surface area contributed by atoms with Crippen molar-refractivity contribution >= 4 is 21.8 Å². The molecule has 5 heteroatoms. The number of pyridine rings is 1. The number of aromatic nitrogens is 1. The first kappa shape index (κ1) is 12.5. The van der Waals surface area contributed by atoms with E-state index >= 15 is 0 Å². The quantitative estimate of drug-likeness (QED) is 0.846. The van der Waals surface area contributed by atoms with Gasteiger partial charge in [0.25, 0.3) is 5.91 Å². The molecular weight excluding hydrogens is 284 g/mol. The molecule has 92 valence electrons. The maximum absolute atomic E-state index is 12.1. The molecule has 0 bridgehead atoms. The van der Waals surface area contributed by atoms with Crippen LogP contribution in [0.5, 0.6) is 0 Å². The third-order valence-electron chi connectivity index (χ3n) is 3.09. The minimum atomic E-state index is -0.0253. The van der Waals surface area contributed by atoms with Crippen molar-refractivity contribution in [2.75, 3.05) is 19.7 Å². The number of piperidine rings is 1. The van der Waals surface area contributed by atoms with Crippen LogP contribution >= 0.6 is 15.9 Å². The van der Waals surface area contributed by atoms with Gasteiger partial charge in [0.05, 0.1) is 0 Å². The molecule has 0 saturated carbocycles. The fourth-order valence-electron chi connectivity index (χ4n) is 2.01. The highest BCUT2D eigenvalue weighted by Crippen LogP contribution is 2.18. The second kappa shape index (κ2) is 5.60. The van der Waals surface area contributed by atoms with Gasteiger partial charge in [-0.2, -0.15) is 0 Å².